The molecule has 0 bridgehead atoms. The fourth-order valence-electron chi connectivity index (χ4n) is 2.22. The molecular weight excluding hydrogens is 230 g/mol. The van der Waals surface area contributed by atoms with E-state index in [2.05, 4.69) is 4.74 Å². The van der Waals surface area contributed by atoms with Gasteiger partial charge < -0.3 is 10.5 Å². The topological polar surface area (TPSA) is 86.5 Å². The van der Waals surface area contributed by atoms with Crippen LogP contribution in [0.3, 0.4) is 0 Å². The lowest BCUT2D eigenvalue weighted by molar-refractivity contribution is -0.140. The summed E-state index contributed by atoms with van der Waals surface area (Å²) in [5.74, 6) is -0.547. The van der Waals surface area contributed by atoms with E-state index in [0.717, 1.165) is 12.8 Å². The van der Waals surface area contributed by atoms with Crippen molar-refractivity contribution in [3.8, 4) is 0 Å². The van der Waals surface area contributed by atoms with Crippen molar-refractivity contribution in [1.82, 2.24) is 0 Å². The van der Waals surface area contributed by atoms with E-state index in [9.17, 15) is 13.2 Å². The molecule has 1 aliphatic carbocycles. The lowest BCUT2D eigenvalue weighted by Gasteiger charge is -2.17. The molecule has 16 heavy (non-hydrogen) atoms. The molecule has 2 N–H and O–H groups in total. The van der Waals surface area contributed by atoms with Crippen LogP contribution < -0.4 is 5.73 Å². The van der Waals surface area contributed by atoms with E-state index >= 15 is 0 Å². The van der Waals surface area contributed by atoms with Gasteiger partial charge >= 0.3 is 5.97 Å². The summed E-state index contributed by atoms with van der Waals surface area (Å²) in [7, 11) is -1.95. The van der Waals surface area contributed by atoms with Crippen molar-refractivity contribution in [3.63, 3.8) is 0 Å². The molecule has 1 fully saturated rings. The van der Waals surface area contributed by atoms with Crippen LogP contribution in [0.1, 0.15) is 25.7 Å². The molecule has 5 nitrogen and oxygen atoms in total. The predicted octanol–water partition coefficient (Wildman–Crippen LogP) is 0.0917. The standard InChI is InChI=1S/C10H19NO4S/c1-15-10(12)5-6-16(13,14)9-4-2-3-8(9)7-11/h8-9H,2-7,11H2,1H3. The van der Waals surface area contributed by atoms with Crippen molar-refractivity contribution in [3.05, 3.63) is 0 Å². The average molecular weight is 249 g/mol. The van der Waals surface area contributed by atoms with Crippen molar-refractivity contribution >= 4 is 15.8 Å². The minimum atomic E-state index is -3.21. The maximum atomic E-state index is 12.0. The summed E-state index contributed by atoms with van der Waals surface area (Å²) in [6, 6.07) is 0. The smallest absolute Gasteiger partial charge is 0.306 e. The normalized spacial score (nSPS) is 25.6. The summed E-state index contributed by atoms with van der Waals surface area (Å²) >= 11 is 0. The SMILES string of the molecule is COC(=O)CCS(=O)(=O)C1CCCC1CN. The molecule has 0 aromatic rings. The first-order valence-corrected chi connectivity index (χ1v) is 7.21. The Balaban J connectivity index is 2.59. The molecule has 0 radical (unpaired) electrons. The van der Waals surface area contributed by atoms with Crippen LogP contribution in [0.5, 0.6) is 0 Å². The molecule has 1 aliphatic rings. The maximum Gasteiger partial charge on any atom is 0.306 e. The van der Waals surface area contributed by atoms with Gasteiger partial charge in [-0.2, -0.15) is 0 Å². The molecule has 0 aliphatic heterocycles. The number of sulfone groups is 1. The second-order valence-corrected chi connectivity index (χ2v) is 6.50. The number of carbonyl (C=O) groups is 1. The van der Waals surface area contributed by atoms with E-state index in [-0.39, 0.29) is 23.3 Å². The summed E-state index contributed by atoms with van der Waals surface area (Å²) in [5, 5.41) is -0.359. The van der Waals surface area contributed by atoms with Crippen molar-refractivity contribution in [2.45, 2.75) is 30.9 Å². The number of methoxy groups -OCH3 is 1. The zero-order valence-electron chi connectivity index (χ0n) is 9.52. The Hall–Kier alpha value is -0.620. The number of carbonyl (C=O) groups excluding carboxylic acids is 1. The summed E-state index contributed by atoms with van der Waals surface area (Å²) in [4.78, 5) is 10.9. The van der Waals surface area contributed by atoms with Crippen LogP contribution in [0.15, 0.2) is 0 Å². The summed E-state index contributed by atoms with van der Waals surface area (Å²) in [6.45, 7) is 0.405. The van der Waals surface area contributed by atoms with Crippen molar-refractivity contribution in [2.24, 2.45) is 11.7 Å². The van der Waals surface area contributed by atoms with Gasteiger partial charge in [0.2, 0.25) is 0 Å². The average Bonchev–Trinajstić information content (AvgIpc) is 2.74. The van der Waals surface area contributed by atoms with Crippen LogP contribution in [0, 0.1) is 5.92 Å². The third-order valence-electron chi connectivity index (χ3n) is 3.17. The molecule has 1 rings (SSSR count). The van der Waals surface area contributed by atoms with E-state index in [1.165, 1.54) is 7.11 Å². The molecule has 1 saturated carbocycles. The molecule has 0 heterocycles. The Morgan fingerprint density at radius 2 is 2.12 bits per heavy atom. The van der Waals surface area contributed by atoms with Gasteiger partial charge in [-0.15, -0.1) is 0 Å². The number of hydrogen-bond acceptors (Lipinski definition) is 5. The molecule has 94 valence electrons. The maximum absolute atomic E-state index is 12.0. The van der Waals surface area contributed by atoms with Crippen molar-refractivity contribution < 1.29 is 17.9 Å². The van der Waals surface area contributed by atoms with Gasteiger partial charge in [-0.05, 0) is 25.3 Å². The third-order valence-corrected chi connectivity index (χ3v) is 5.49. The van der Waals surface area contributed by atoms with Gasteiger partial charge in [0.1, 0.15) is 0 Å². The molecule has 0 spiro atoms. The van der Waals surface area contributed by atoms with E-state index in [4.69, 9.17) is 5.73 Å². The molecule has 2 unspecified atom stereocenters. The number of hydrogen-bond donors (Lipinski definition) is 1. The fraction of sp³-hybridized carbons (Fsp3) is 0.900. The van der Waals surface area contributed by atoms with Crippen LogP contribution in [-0.2, 0) is 19.4 Å². The van der Waals surface area contributed by atoms with E-state index in [1.54, 1.807) is 0 Å². The number of ether oxygens (including phenoxy) is 1. The molecular formula is C10H19NO4S. The van der Waals surface area contributed by atoms with Crippen LogP contribution in [-0.4, -0.2) is 39.0 Å². The van der Waals surface area contributed by atoms with Crippen LogP contribution in [0.25, 0.3) is 0 Å². The zero-order valence-corrected chi connectivity index (χ0v) is 10.3. The lowest BCUT2D eigenvalue weighted by Crippen LogP contribution is -2.32. The third kappa shape index (κ3) is 3.18. The van der Waals surface area contributed by atoms with Crippen molar-refractivity contribution in [2.75, 3.05) is 19.4 Å². The molecule has 0 aromatic heterocycles. The zero-order chi connectivity index (χ0) is 12.2. The first-order valence-electron chi connectivity index (χ1n) is 5.49. The van der Waals surface area contributed by atoms with Gasteiger partial charge in [-0.25, -0.2) is 8.42 Å². The highest BCUT2D eigenvalue weighted by molar-refractivity contribution is 7.92. The summed E-state index contributed by atoms with van der Waals surface area (Å²) in [6.07, 6.45) is 2.39. The van der Waals surface area contributed by atoms with E-state index < -0.39 is 15.8 Å². The quantitative estimate of drug-likeness (QED) is 0.698. The second-order valence-electron chi connectivity index (χ2n) is 4.16. The second kappa shape index (κ2) is 5.63. The highest BCUT2D eigenvalue weighted by atomic mass is 32.2. The van der Waals surface area contributed by atoms with E-state index in [0.29, 0.717) is 13.0 Å². The van der Waals surface area contributed by atoms with Crippen LogP contribution >= 0.6 is 0 Å². The van der Waals surface area contributed by atoms with Gasteiger partial charge in [-0.1, -0.05) is 6.42 Å². The molecule has 0 aromatic carbocycles. The highest BCUT2D eigenvalue weighted by Gasteiger charge is 2.36. The molecule has 2 atom stereocenters. The number of esters is 1. The van der Waals surface area contributed by atoms with Gasteiger partial charge in [0, 0.05) is 0 Å². The molecule has 0 saturated heterocycles. The first kappa shape index (κ1) is 13.4. The van der Waals surface area contributed by atoms with Gasteiger partial charge in [0.05, 0.1) is 24.5 Å². The van der Waals surface area contributed by atoms with Gasteiger partial charge in [0.15, 0.2) is 9.84 Å². The Morgan fingerprint density at radius 1 is 1.44 bits per heavy atom. The van der Waals surface area contributed by atoms with E-state index in [1.807, 2.05) is 0 Å². The monoisotopic (exact) mass is 249 g/mol. The van der Waals surface area contributed by atoms with Crippen molar-refractivity contribution in [1.29, 1.82) is 0 Å². The Bertz CT molecular complexity index is 339. The van der Waals surface area contributed by atoms with Gasteiger partial charge in [-0.3, -0.25) is 4.79 Å². The van der Waals surface area contributed by atoms with Crippen LogP contribution in [0.4, 0.5) is 0 Å². The Kier molecular flexibility index (Phi) is 4.73. The first-order chi connectivity index (χ1) is 7.51. The minimum Gasteiger partial charge on any atom is -0.469 e. The number of nitrogens with two attached hydrogens (primary N) is 1. The molecule has 6 heteroatoms. The molecule has 0 amide bonds. The Labute approximate surface area is 96.3 Å². The van der Waals surface area contributed by atoms with Gasteiger partial charge in [0.25, 0.3) is 0 Å². The minimum absolute atomic E-state index is 0.0580. The highest BCUT2D eigenvalue weighted by Crippen LogP contribution is 2.31. The summed E-state index contributed by atoms with van der Waals surface area (Å²) < 4.78 is 28.4. The fourth-order valence-corrected chi connectivity index (χ4v) is 4.34. The Morgan fingerprint density at radius 3 is 2.69 bits per heavy atom. The largest absolute Gasteiger partial charge is 0.469 e. The van der Waals surface area contributed by atoms with Crippen LogP contribution in [0.2, 0.25) is 0 Å². The number of rotatable bonds is 5. The summed E-state index contributed by atoms with van der Waals surface area (Å²) in [5.41, 5.74) is 5.55. The lowest BCUT2D eigenvalue weighted by atomic mass is 10.1. The predicted molar refractivity (Wildman–Crippen MR) is 60.6 cm³/mol.